The van der Waals surface area contributed by atoms with Crippen LogP contribution in [0.25, 0.3) is 0 Å². The molecule has 1 aliphatic rings. The topological polar surface area (TPSA) is 27.7 Å². The summed E-state index contributed by atoms with van der Waals surface area (Å²) in [6, 6.07) is 0.720. The van der Waals surface area contributed by atoms with Gasteiger partial charge in [0.05, 0.1) is 6.61 Å². The van der Waals surface area contributed by atoms with E-state index in [1.807, 2.05) is 0 Å². The Balaban J connectivity index is 1.96. The van der Waals surface area contributed by atoms with Crippen LogP contribution in [0.4, 0.5) is 0 Å². The molecule has 2 unspecified atom stereocenters. The second-order valence-electron chi connectivity index (χ2n) is 5.98. The highest BCUT2D eigenvalue weighted by Crippen LogP contribution is 2.19. The van der Waals surface area contributed by atoms with Gasteiger partial charge in [0.2, 0.25) is 0 Å². The molecule has 0 amide bonds. The standard InChI is InChI=1S/C15H33N3O/c1-5-6-10-19-11-8-16-7-9-18-12-14(2)15(13-18)17(3)4/h14-16H,5-13H2,1-4H3. The van der Waals surface area contributed by atoms with E-state index < -0.39 is 0 Å². The van der Waals surface area contributed by atoms with Gasteiger partial charge in [-0.25, -0.2) is 0 Å². The van der Waals surface area contributed by atoms with Crippen molar-refractivity contribution in [2.75, 3.05) is 60.0 Å². The van der Waals surface area contributed by atoms with E-state index in [2.05, 4.69) is 43.1 Å². The highest BCUT2D eigenvalue weighted by molar-refractivity contribution is 4.86. The van der Waals surface area contributed by atoms with E-state index in [0.717, 1.165) is 44.8 Å². The van der Waals surface area contributed by atoms with Crippen molar-refractivity contribution in [2.45, 2.75) is 32.7 Å². The SMILES string of the molecule is CCCCOCCNCCN1CC(C)C(N(C)C)C1. The first-order valence-electron chi connectivity index (χ1n) is 7.82. The molecule has 0 radical (unpaired) electrons. The van der Waals surface area contributed by atoms with Crippen LogP contribution >= 0.6 is 0 Å². The van der Waals surface area contributed by atoms with Crippen molar-refractivity contribution in [3.63, 3.8) is 0 Å². The Morgan fingerprint density at radius 2 is 2.00 bits per heavy atom. The summed E-state index contributed by atoms with van der Waals surface area (Å²) in [6.45, 7) is 12.0. The average Bonchev–Trinajstić information content (AvgIpc) is 2.74. The monoisotopic (exact) mass is 271 g/mol. The van der Waals surface area contributed by atoms with E-state index in [1.165, 1.54) is 25.9 Å². The van der Waals surface area contributed by atoms with Crippen molar-refractivity contribution < 1.29 is 4.74 Å². The summed E-state index contributed by atoms with van der Waals surface area (Å²) in [6.07, 6.45) is 2.39. The zero-order valence-corrected chi connectivity index (χ0v) is 13.3. The first-order chi connectivity index (χ1) is 9.15. The van der Waals surface area contributed by atoms with Crippen molar-refractivity contribution >= 4 is 0 Å². The maximum atomic E-state index is 5.53. The largest absolute Gasteiger partial charge is 0.380 e. The van der Waals surface area contributed by atoms with Gasteiger partial charge in [-0.2, -0.15) is 0 Å². The lowest BCUT2D eigenvalue weighted by Gasteiger charge is -2.22. The molecule has 0 saturated carbocycles. The fourth-order valence-corrected chi connectivity index (χ4v) is 2.76. The fourth-order valence-electron chi connectivity index (χ4n) is 2.76. The summed E-state index contributed by atoms with van der Waals surface area (Å²) in [5.74, 6) is 0.785. The molecule has 0 aromatic carbocycles. The Kier molecular flexibility index (Phi) is 8.62. The molecule has 0 aliphatic carbocycles. The molecule has 19 heavy (non-hydrogen) atoms. The number of hydrogen-bond acceptors (Lipinski definition) is 4. The number of unbranched alkanes of at least 4 members (excludes halogenated alkanes) is 1. The maximum Gasteiger partial charge on any atom is 0.0590 e. The molecule has 114 valence electrons. The quantitative estimate of drug-likeness (QED) is 0.606. The van der Waals surface area contributed by atoms with Crippen LogP contribution in [-0.2, 0) is 4.74 Å². The summed E-state index contributed by atoms with van der Waals surface area (Å²) in [5.41, 5.74) is 0. The molecule has 1 aliphatic heterocycles. The number of nitrogens with one attached hydrogen (secondary N) is 1. The van der Waals surface area contributed by atoms with Crippen LogP contribution in [0.3, 0.4) is 0 Å². The summed E-state index contributed by atoms with van der Waals surface area (Å²) in [7, 11) is 4.38. The van der Waals surface area contributed by atoms with Gasteiger partial charge in [-0.05, 0) is 26.4 Å². The Labute approximate surface area is 119 Å². The second kappa shape index (κ2) is 9.70. The molecule has 4 nitrogen and oxygen atoms in total. The molecule has 1 N–H and O–H groups in total. The highest BCUT2D eigenvalue weighted by atomic mass is 16.5. The molecular weight excluding hydrogens is 238 g/mol. The van der Waals surface area contributed by atoms with E-state index in [-0.39, 0.29) is 0 Å². The van der Waals surface area contributed by atoms with Gasteiger partial charge in [-0.15, -0.1) is 0 Å². The Morgan fingerprint density at radius 1 is 1.21 bits per heavy atom. The van der Waals surface area contributed by atoms with Gasteiger partial charge < -0.3 is 19.9 Å². The Morgan fingerprint density at radius 3 is 2.63 bits per heavy atom. The first-order valence-corrected chi connectivity index (χ1v) is 7.82. The molecule has 1 saturated heterocycles. The van der Waals surface area contributed by atoms with Crippen molar-refractivity contribution in [3.8, 4) is 0 Å². The molecular formula is C15H33N3O. The van der Waals surface area contributed by atoms with Gasteiger partial charge in [0.1, 0.15) is 0 Å². The third-order valence-electron chi connectivity index (χ3n) is 3.98. The number of likely N-dealkylation sites (N-methyl/N-ethyl adjacent to an activating group) is 1. The van der Waals surface area contributed by atoms with Crippen LogP contribution in [-0.4, -0.2) is 75.9 Å². The van der Waals surface area contributed by atoms with Crippen molar-refractivity contribution in [1.29, 1.82) is 0 Å². The molecule has 1 fully saturated rings. The maximum absolute atomic E-state index is 5.53. The fraction of sp³-hybridized carbons (Fsp3) is 1.00. The summed E-state index contributed by atoms with van der Waals surface area (Å²) >= 11 is 0. The summed E-state index contributed by atoms with van der Waals surface area (Å²) in [5, 5.41) is 3.47. The normalized spacial score (nSPS) is 24.5. The zero-order chi connectivity index (χ0) is 14.1. The van der Waals surface area contributed by atoms with Crippen LogP contribution in [0.1, 0.15) is 26.7 Å². The van der Waals surface area contributed by atoms with Crippen LogP contribution in [0.2, 0.25) is 0 Å². The molecule has 1 heterocycles. The number of ether oxygens (including phenoxy) is 1. The number of rotatable bonds is 10. The van der Waals surface area contributed by atoms with E-state index in [4.69, 9.17) is 4.74 Å². The minimum absolute atomic E-state index is 0.720. The van der Waals surface area contributed by atoms with Gasteiger partial charge >= 0.3 is 0 Å². The van der Waals surface area contributed by atoms with Crippen LogP contribution in [0.15, 0.2) is 0 Å². The lowest BCUT2D eigenvalue weighted by molar-refractivity contribution is 0.132. The molecule has 2 atom stereocenters. The van der Waals surface area contributed by atoms with E-state index in [9.17, 15) is 0 Å². The van der Waals surface area contributed by atoms with Crippen LogP contribution in [0, 0.1) is 5.92 Å². The summed E-state index contributed by atoms with van der Waals surface area (Å²) in [4.78, 5) is 4.93. The lowest BCUT2D eigenvalue weighted by Crippen LogP contribution is -2.36. The molecule has 4 heteroatoms. The van der Waals surface area contributed by atoms with Crippen molar-refractivity contribution in [1.82, 2.24) is 15.1 Å². The third-order valence-corrected chi connectivity index (χ3v) is 3.98. The molecule has 0 bridgehead atoms. The van der Waals surface area contributed by atoms with Gasteiger partial charge in [-0.1, -0.05) is 20.3 Å². The van der Waals surface area contributed by atoms with Crippen LogP contribution in [0.5, 0.6) is 0 Å². The van der Waals surface area contributed by atoms with E-state index in [1.54, 1.807) is 0 Å². The lowest BCUT2D eigenvalue weighted by atomic mass is 10.1. The highest BCUT2D eigenvalue weighted by Gasteiger charge is 2.30. The first kappa shape index (κ1) is 16.9. The number of nitrogens with zero attached hydrogens (tertiary/aromatic N) is 2. The summed E-state index contributed by atoms with van der Waals surface area (Å²) < 4.78 is 5.53. The minimum atomic E-state index is 0.720. The van der Waals surface area contributed by atoms with Gasteiger partial charge in [0, 0.05) is 45.4 Å². The predicted molar refractivity (Wildman–Crippen MR) is 81.7 cm³/mol. The van der Waals surface area contributed by atoms with Gasteiger partial charge in [0.15, 0.2) is 0 Å². The zero-order valence-electron chi connectivity index (χ0n) is 13.3. The Hall–Kier alpha value is -0.160. The molecule has 0 aromatic heterocycles. The predicted octanol–water partition coefficient (Wildman–Crippen LogP) is 1.27. The smallest absolute Gasteiger partial charge is 0.0590 e. The average molecular weight is 271 g/mol. The molecule has 0 spiro atoms. The van der Waals surface area contributed by atoms with Gasteiger partial charge in [-0.3, -0.25) is 0 Å². The molecule has 0 aromatic rings. The third kappa shape index (κ3) is 6.70. The minimum Gasteiger partial charge on any atom is -0.380 e. The number of likely N-dealkylation sites (tertiary alicyclic amines) is 1. The van der Waals surface area contributed by atoms with Crippen molar-refractivity contribution in [3.05, 3.63) is 0 Å². The molecule has 1 rings (SSSR count). The second-order valence-corrected chi connectivity index (χ2v) is 5.98. The Bertz CT molecular complexity index is 223. The van der Waals surface area contributed by atoms with E-state index in [0.29, 0.717) is 0 Å². The van der Waals surface area contributed by atoms with Crippen molar-refractivity contribution in [2.24, 2.45) is 5.92 Å². The van der Waals surface area contributed by atoms with Crippen LogP contribution < -0.4 is 5.32 Å². The van der Waals surface area contributed by atoms with E-state index >= 15 is 0 Å². The number of hydrogen-bond donors (Lipinski definition) is 1. The van der Waals surface area contributed by atoms with Gasteiger partial charge in [0.25, 0.3) is 0 Å².